The van der Waals surface area contributed by atoms with Gasteiger partial charge in [0.1, 0.15) is 11.9 Å². The summed E-state index contributed by atoms with van der Waals surface area (Å²) in [5.74, 6) is 0.917. The number of nitrogens with zero attached hydrogens (tertiary/aromatic N) is 2. The first-order valence-electron chi connectivity index (χ1n) is 9.13. The summed E-state index contributed by atoms with van der Waals surface area (Å²) in [6, 6.07) is 17.8. The molecular weight excluding hydrogens is 340 g/mol. The van der Waals surface area contributed by atoms with Gasteiger partial charge in [0.25, 0.3) is 0 Å². The lowest BCUT2D eigenvalue weighted by Gasteiger charge is -2.12. The van der Waals surface area contributed by atoms with Gasteiger partial charge in [-0.25, -0.2) is 9.48 Å². The van der Waals surface area contributed by atoms with Crippen molar-refractivity contribution in [2.24, 2.45) is 0 Å². The number of nitrogens with one attached hydrogen (secondary N) is 2. The van der Waals surface area contributed by atoms with Gasteiger partial charge < -0.3 is 15.4 Å². The van der Waals surface area contributed by atoms with Crippen molar-refractivity contribution in [2.75, 3.05) is 13.1 Å². The second-order valence-corrected chi connectivity index (χ2v) is 6.57. The van der Waals surface area contributed by atoms with E-state index < -0.39 is 0 Å². The quantitative estimate of drug-likeness (QED) is 0.708. The van der Waals surface area contributed by atoms with Gasteiger partial charge >= 0.3 is 6.03 Å². The number of benzene rings is 2. The fourth-order valence-electron chi connectivity index (χ4n) is 3.17. The molecule has 0 spiro atoms. The molecule has 3 aromatic rings. The van der Waals surface area contributed by atoms with E-state index in [4.69, 9.17) is 4.74 Å². The highest BCUT2D eigenvalue weighted by Gasteiger charge is 2.22. The number of aromatic nitrogens is 2. The summed E-state index contributed by atoms with van der Waals surface area (Å²) in [6.45, 7) is 1.05. The van der Waals surface area contributed by atoms with Crippen LogP contribution in [0.5, 0.6) is 5.75 Å². The minimum absolute atomic E-state index is 0.00254. The zero-order chi connectivity index (χ0) is 18.5. The van der Waals surface area contributed by atoms with Crippen LogP contribution in [0.4, 0.5) is 4.79 Å². The predicted octanol–water partition coefficient (Wildman–Crippen LogP) is 2.72. The Morgan fingerprint density at radius 1 is 1.11 bits per heavy atom. The largest absolute Gasteiger partial charge is 0.488 e. The average molecular weight is 362 g/mol. The molecule has 0 radical (unpaired) electrons. The molecule has 27 heavy (non-hydrogen) atoms. The Kier molecular flexibility index (Phi) is 5.05. The van der Waals surface area contributed by atoms with Crippen LogP contribution in [-0.2, 0) is 12.8 Å². The zero-order valence-electron chi connectivity index (χ0n) is 15.0. The van der Waals surface area contributed by atoms with E-state index in [9.17, 15) is 4.79 Å². The number of hydrogen-bond donors (Lipinski definition) is 2. The molecule has 2 aromatic carbocycles. The third kappa shape index (κ3) is 4.28. The summed E-state index contributed by atoms with van der Waals surface area (Å²) < 4.78 is 7.66. The lowest BCUT2D eigenvalue weighted by molar-refractivity contribution is 0.214. The summed E-state index contributed by atoms with van der Waals surface area (Å²) >= 11 is 0. The second kappa shape index (κ2) is 7.95. The highest BCUT2D eigenvalue weighted by molar-refractivity contribution is 5.73. The minimum Gasteiger partial charge on any atom is -0.488 e. The van der Waals surface area contributed by atoms with Gasteiger partial charge in [0.15, 0.2) is 0 Å². The first-order chi connectivity index (χ1) is 13.3. The van der Waals surface area contributed by atoms with E-state index in [2.05, 4.69) is 21.8 Å². The number of carbonyl (C=O) groups excluding carboxylic acids is 1. The number of ether oxygens (including phenoxy) is 1. The molecular formula is C21H22N4O2. The van der Waals surface area contributed by atoms with Crippen LogP contribution >= 0.6 is 0 Å². The highest BCUT2D eigenvalue weighted by atomic mass is 16.5. The summed E-state index contributed by atoms with van der Waals surface area (Å²) in [4.78, 5) is 12.0. The van der Waals surface area contributed by atoms with Crippen LogP contribution in [-0.4, -0.2) is 35.0 Å². The molecule has 1 aliphatic rings. The SMILES string of the molecule is O=C(NCCc1cnn(-c2ccccc2)c1)NCC1Cc2ccccc2O1. The molecule has 2 heterocycles. The van der Waals surface area contributed by atoms with Crippen molar-refractivity contribution in [3.8, 4) is 11.4 Å². The first-order valence-corrected chi connectivity index (χ1v) is 9.13. The number of amides is 2. The average Bonchev–Trinajstić information content (AvgIpc) is 3.34. The Morgan fingerprint density at radius 3 is 2.78 bits per heavy atom. The van der Waals surface area contributed by atoms with Gasteiger partial charge in [-0.15, -0.1) is 0 Å². The van der Waals surface area contributed by atoms with Crippen molar-refractivity contribution in [2.45, 2.75) is 18.9 Å². The number of hydrogen-bond acceptors (Lipinski definition) is 3. The van der Waals surface area contributed by atoms with Crippen molar-refractivity contribution in [1.82, 2.24) is 20.4 Å². The first kappa shape index (κ1) is 17.1. The van der Waals surface area contributed by atoms with Crippen molar-refractivity contribution in [3.63, 3.8) is 0 Å². The van der Waals surface area contributed by atoms with Gasteiger partial charge in [0.05, 0.1) is 18.4 Å². The summed E-state index contributed by atoms with van der Waals surface area (Å²) in [5.41, 5.74) is 3.29. The number of fused-ring (bicyclic) bond motifs is 1. The van der Waals surface area contributed by atoms with Gasteiger partial charge in [-0.2, -0.15) is 5.10 Å². The van der Waals surface area contributed by atoms with Crippen LogP contribution in [0.15, 0.2) is 67.0 Å². The van der Waals surface area contributed by atoms with Gasteiger partial charge in [-0.1, -0.05) is 36.4 Å². The van der Waals surface area contributed by atoms with Crippen LogP contribution in [0, 0.1) is 0 Å². The molecule has 1 aliphatic heterocycles. The lowest BCUT2D eigenvalue weighted by Crippen LogP contribution is -2.41. The molecule has 6 nitrogen and oxygen atoms in total. The molecule has 1 atom stereocenters. The van der Waals surface area contributed by atoms with Gasteiger partial charge in [-0.05, 0) is 35.7 Å². The van der Waals surface area contributed by atoms with E-state index >= 15 is 0 Å². The zero-order valence-corrected chi connectivity index (χ0v) is 15.0. The fourth-order valence-corrected chi connectivity index (χ4v) is 3.17. The Hall–Kier alpha value is -3.28. The molecule has 1 unspecified atom stereocenters. The van der Waals surface area contributed by atoms with Gasteiger partial charge in [0.2, 0.25) is 0 Å². The molecule has 6 heteroatoms. The molecule has 2 amide bonds. The van der Waals surface area contributed by atoms with E-state index in [1.165, 1.54) is 5.56 Å². The van der Waals surface area contributed by atoms with Gasteiger partial charge in [0, 0.05) is 19.2 Å². The molecule has 0 saturated heterocycles. The topological polar surface area (TPSA) is 68.2 Å². The maximum atomic E-state index is 12.0. The number of urea groups is 1. The normalized spacial score (nSPS) is 15.0. The summed E-state index contributed by atoms with van der Waals surface area (Å²) in [5, 5.41) is 10.1. The molecule has 0 bridgehead atoms. The van der Waals surface area contributed by atoms with Crippen LogP contribution in [0.1, 0.15) is 11.1 Å². The minimum atomic E-state index is -0.176. The maximum Gasteiger partial charge on any atom is 0.314 e. The smallest absolute Gasteiger partial charge is 0.314 e. The van der Waals surface area contributed by atoms with Crippen molar-refractivity contribution in [1.29, 1.82) is 0 Å². The van der Waals surface area contributed by atoms with E-state index in [1.807, 2.05) is 65.6 Å². The molecule has 4 rings (SSSR count). The monoisotopic (exact) mass is 362 g/mol. The molecule has 2 N–H and O–H groups in total. The number of carbonyl (C=O) groups is 1. The highest BCUT2D eigenvalue weighted by Crippen LogP contribution is 2.27. The van der Waals surface area contributed by atoms with Crippen molar-refractivity contribution < 1.29 is 9.53 Å². The maximum absolute atomic E-state index is 12.0. The van der Waals surface area contributed by atoms with E-state index in [0.29, 0.717) is 13.1 Å². The van der Waals surface area contributed by atoms with E-state index in [0.717, 1.165) is 29.8 Å². The number of rotatable bonds is 6. The second-order valence-electron chi connectivity index (χ2n) is 6.57. The summed E-state index contributed by atoms with van der Waals surface area (Å²) in [7, 11) is 0. The third-order valence-electron chi connectivity index (χ3n) is 4.56. The number of para-hydroxylation sites is 2. The van der Waals surface area contributed by atoms with Crippen molar-refractivity contribution >= 4 is 6.03 Å². The molecule has 0 fully saturated rings. The lowest BCUT2D eigenvalue weighted by atomic mass is 10.1. The molecule has 0 saturated carbocycles. The Morgan fingerprint density at radius 2 is 1.93 bits per heavy atom. The van der Waals surface area contributed by atoms with Crippen LogP contribution in [0.2, 0.25) is 0 Å². The molecule has 1 aromatic heterocycles. The molecule has 138 valence electrons. The van der Waals surface area contributed by atoms with Crippen LogP contribution in [0.3, 0.4) is 0 Å². The molecule has 0 aliphatic carbocycles. The third-order valence-corrected chi connectivity index (χ3v) is 4.56. The van der Waals surface area contributed by atoms with E-state index in [1.54, 1.807) is 0 Å². The fraction of sp³-hybridized carbons (Fsp3) is 0.238. The van der Waals surface area contributed by atoms with E-state index in [-0.39, 0.29) is 12.1 Å². The van der Waals surface area contributed by atoms with Crippen LogP contribution < -0.4 is 15.4 Å². The standard InChI is InChI=1S/C21H22N4O2/c26-21(23-14-19-12-17-6-4-5-9-20(17)27-19)22-11-10-16-13-24-25(15-16)18-7-2-1-3-8-18/h1-9,13,15,19H,10-12,14H2,(H2,22,23,26). The van der Waals surface area contributed by atoms with Gasteiger partial charge in [-0.3, -0.25) is 0 Å². The summed E-state index contributed by atoms with van der Waals surface area (Å²) in [6.07, 6.45) is 5.37. The predicted molar refractivity (Wildman–Crippen MR) is 103 cm³/mol. The van der Waals surface area contributed by atoms with Crippen molar-refractivity contribution in [3.05, 3.63) is 78.1 Å². The van der Waals surface area contributed by atoms with Crippen LogP contribution in [0.25, 0.3) is 5.69 Å². The Balaban J connectivity index is 1.18. The Bertz CT molecular complexity index is 882. The Labute approximate surface area is 158 Å².